The Labute approximate surface area is 672 Å². The molecule has 0 aliphatic heterocycles. The monoisotopic (exact) mass is 1620 g/mol. The summed E-state index contributed by atoms with van der Waals surface area (Å²) in [6.07, 6.45) is 11.8. The normalized spacial score (nSPS) is 11.2. The minimum atomic E-state index is -4.66. The summed E-state index contributed by atoms with van der Waals surface area (Å²) in [5.41, 5.74) is 9.46. The fourth-order valence-electron chi connectivity index (χ4n) is 10.2. The van der Waals surface area contributed by atoms with Crippen LogP contribution in [0.15, 0.2) is 233 Å². The van der Waals surface area contributed by atoms with Gasteiger partial charge in [-0.25, -0.2) is 69.2 Å². The summed E-state index contributed by atoms with van der Waals surface area (Å²) in [6, 6.07) is 41.2. The summed E-state index contributed by atoms with van der Waals surface area (Å²) in [6.45, 7) is 10.8. The lowest BCUT2D eigenvalue weighted by atomic mass is 10.2. The van der Waals surface area contributed by atoms with Crippen molar-refractivity contribution in [1.29, 1.82) is 0 Å². The van der Waals surface area contributed by atoms with Gasteiger partial charge in [0.2, 0.25) is 29.3 Å². The molecule has 6 N–H and O–H groups in total. The van der Waals surface area contributed by atoms with Gasteiger partial charge in [-0.2, -0.15) is 57.0 Å². The molecule has 0 atom stereocenters. The van der Waals surface area contributed by atoms with Gasteiger partial charge >= 0.3 is 24.4 Å². The van der Waals surface area contributed by atoms with E-state index in [0.717, 1.165) is 17.8 Å². The van der Waals surface area contributed by atoms with Crippen LogP contribution < -0.4 is 45.9 Å². The van der Waals surface area contributed by atoms with Crippen molar-refractivity contribution < 1.29 is 60.8 Å². The first kappa shape index (κ1) is 81.7. The molecule has 15 aromatic rings. The third-order valence-electron chi connectivity index (χ3n) is 15.0. The van der Waals surface area contributed by atoms with E-state index in [1.54, 1.807) is 202 Å². The number of hydrogen-bond donors (Lipinski definition) is 5. The van der Waals surface area contributed by atoms with E-state index >= 15 is 0 Å². The van der Waals surface area contributed by atoms with Gasteiger partial charge in [0.25, 0.3) is 17.3 Å². The molecule has 36 nitrogen and oxygen atoms in total. The fourth-order valence-corrected chi connectivity index (χ4v) is 10.4. The Hall–Kier alpha value is -15.8. The third kappa shape index (κ3) is 23.2. The van der Waals surface area contributed by atoms with E-state index in [4.69, 9.17) is 45.8 Å². The molecule has 0 saturated heterocycles. The molecule has 0 radical (unpaired) electrons. The van der Waals surface area contributed by atoms with Crippen LogP contribution in [-0.4, -0.2) is 153 Å². The molecule has 10 aromatic heterocycles. The maximum absolute atomic E-state index is 13.1. The van der Waals surface area contributed by atoms with Crippen LogP contribution in [0.1, 0.15) is 57.6 Å². The minimum Gasteiger partial charge on any atom is -0.444 e. The second-order valence-corrected chi connectivity index (χ2v) is 27.0. The number of alkyl halides is 3. The van der Waals surface area contributed by atoms with Gasteiger partial charge in [-0.15, -0.1) is 0 Å². The van der Waals surface area contributed by atoms with E-state index in [1.165, 1.54) is 73.1 Å². The third-order valence-corrected chi connectivity index (χ3v) is 15.3. The van der Waals surface area contributed by atoms with Crippen LogP contribution in [0, 0.1) is 0 Å². The first-order valence-electron chi connectivity index (χ1n) is 35.0. The molecule has 0 aliphatic rings. The van der Waals surface area contributed by atoms with Gasteiger partial charge in [0.1, 0.15) is 84.2 Å². The van der Waals surface area contributed by atoms with Crippen LogP contribution in [0.2, 0.25) is 5.02 Å². The van der Waals surface area contributed by atoms with Crippen molar-refractivity contribution in [2.75, 3.05) is 41.1 Å². The summed E-state index contributed by atoms with van der Waals surface area (Å²) in [7, 11) is 3.63. The molecule has 4 amide bonds. The molecule has 0 aliphatic carbocycles. The van der Waals surface area contributed by atoms with Gasteiger partial charge in [0, 0.05) is 122 Å². The van der Waals surface area contributed by atoms with Crippen molar-refractivity contribution in [3.05, 3.63) is 249 Å². The number of amides is 4. The second-order valence-electron chi connectivity index (χ2n) is 26.6. The Morgan fingerprint density at radius 3 is 1.19 bits per heavy atom. The molecule has 0 saturated carbocycles. The predicted molar refractivity (Wildman–Crippen MR) is 424 cm³/mol. The number of aromatic nitrogens is 20. The highest BCUT2D eigenvalue weighted by Crippen LogP contribution is 2.37. The Balaban J connectivity index is 0.000000147. The number of rotatable bonds is 18. The van der Waals surface area contributed by atoms with Crippen LogP contribution in [0.4, 0.5) is 56.0 Å². The van der Waals surface area contributed by atoms with Crippen molar-refractivity contribution in [1.82, 2.24) is 104 Å². The number of nitrogens with one attached hydrogen (secondary N) is 4. The molecule has 10 heterocycles. The maximum Gasteiger partial charge on any atom is 0.417 e. The SMILES string of the molecule is CC(C)(C)OC(=O)Nc1cccc(Oc2cc(-c3ccnc4ncnn34)ncn2)c1.CN(C)/C=C/C(=O)c1cc(Oc2cccc(NC(=O)OC(C)(C)C)c2)ncn1.Nc1cccc(Oc2cc(-c3ccnc4ncnn34)ncn2)c1.O=C(Nc1cccc(Oc2cc(-c3ccnc4ncnn34)ncn2)c1)Nc1ccc(Cl)c(C(F)(F)F)c1. The summed E-state index contributed by atoms with van der Waals surface area (Å²) in [5.74, 6) is 4.17. The van der Waals surface area contributed by atoms with Gasteiger partial charge in [-0.05, 0) is 126 Å². The summed E-state index contributed by atoms with van der Waals surface area (Å²) < 4.78 is 77.5. The average Bonchev–Trinajstić information content (AvgIpc) is 1.59. The van der Waals surface area contributed by atoms with E-state index in [0.29, 0.717) is 103 Å². The predicted octanol–water partition coefficient (Wildman–Crippen LogP) is 15.2. The van der Waals surface area contributed by atoms with E-state index in [9.17, 15) is 32.3 Å². The molecule has 15 rings (SSSR count). The van der Waals surface area contributed by atoms with Crippen LogP contribution in [0.3, 0.4) is 0 Å². The lowest BCUT2D eigenvalue weighted by Crippen LogP contribution is -2.27. The molecule has 5 aromatic carbocycles. The number of ether oxygens (including phenoxy) is 6. The van der Waals surface area contributed by atoms with Gasteiger partial charge in [0.05, 0.1) is 44.7 Å². The first-order chi connectivity index (χ1) is 56.5. The fraction of sp³-hybridized carbons (Fsp3) is 0.141. The number of nitrogen functional groups attached to an aromatic ring is 1. The molecular weight excluding hydrogens is 1550 g/mol. The van der Waals surface area contributed by atoms with Gasteiger partial charge in [-0.1, -0.05) is 35.9 Å². The Morgan fingerprint density at radius 1 is 0.424 bits per heavy atom. The van der Waals surface area contributed by atoms with Gasteiger partial charge in [-0.3, -0.25) is 15.4 Å². The van der Waals surface area contributed by atoms with Crippen molar-refractivity contribution in [2.24, 2.45) is 0 Å². The molecule has 0 spiro atoms. The number of carbonyl (C=O) groups excluding carboxylic acids is 4. The van der Waals surface area contributed by atoms with Crippen LogP contribution in [-0.2, 0) is 15.7 Å². The number of nitrogens with two attached hydrogens (primary N) is 1. The standard InChI is InChI=1S/C23H14ClF3N8O2.C20H19N7O3.C20H24N4O4.C15H11N7O/c24-17-5-4-14(9-16(17)23(25,26)27)34-22(36)33-13-2-1-3-15(8-13)37-20-10-18(29-11-30-20)19-6-7-28-21-31-12-32-35(19)21;1-20(2,3)30-19(28)26-13-5-4-6-14(9-13)29-17-10-15(22-11-23-17)16-7-8-21-18-24-12-25-27(16)18;1-20(2,3)28-19(26)23-14-7-6-8-15(11-14)27-18-12-16(21-13-22-18)17(25)9-10-24(4)5;16-10-2-1-3-11(6-10)23-14-7-12(18-8-19-14)13-4-5-17-15-20-9-21-22(13)15/h1-12H,(H2,33,34,36);4-12H,1-3H3,(H,26,28);6-13H,1-5H3,(H,23,26);1-9H,16H2/b;;10-9+;. The first-order valence-corrected chi connectivity index (χ1v) is 35.4. The number of urea groups is 1. The number of ketones is 1. The molecule has 0 bridgehead atoms. The number of halogens is 4. The van der Waals surface area contributed by atoms with Crippen LogP contribution >= 0.6 is 11.6 Å². The molecule has 40 heteroatoms. The van der Waals surface area contributed by atoms with E-state index in [2.05, 4.69) is 106 Å². The lowest BCUT2D eigenvalue weighted by Gasteiger charge is -2.19. The number of carbonyl (C=O) groups is 4. The Bertz CT molecular complexity index is 6120. The van der Waals surface area contributed by atoms with Crippen molar-refractivity contribution >= 4 is 81.4 Å². The van der Waals surface area contributed by atoms with Crippen molar-refractivity contribution in [2.45, 2.75) is 58.9 Å². The van der Waals surface area contributed by atoms with Gasteiger partial charge < -0.3 is 49.7 Å². The number of benzene rings is 5. The van der Waals surface area contributed by atoms with Crippen molar-refractivity contribution in [3.63, 3.8) is 0 Å². The number of fused-ring (bicyclic) bond motifs is 3. The smallest absolute Gasteiger partial charge is 0.417 e. The molecular formula is C78H68ClF3N26O10. The Kier molecular flexibility index (Phi) is 25.4. The highest BCUT2D eigenvalue weighted by atomic mass is 35.5. The van der Waals surface area contributed by atoms with Crippen LogP contribution in [0.25, 0.3) is 51.5 Å². The molecule has 118 heavy (non-hydrogen) atoms. The van der Waals surface area contributed by atoms with Crippen LogP contribution in [0.5, 0.6) is 46.5 Å². The minimum absolute atomic E-state index is 0.0762. The topological polar surface area (TPSA) is 433 Å². The lowest BCUT2D eigenvalue weighted by molar-refractivity contribution is -0.137. The molecule has 0 fully saturated rings. The maximum atomic E-state index is 13.1. The number of anilines is 5. The number of hydrogen-bond acceptors (Lipinski definition) is 29. The molecule has 0 unspecified atom stereocenters. The average molecular weight is 1620 g/mol. The summed E-state index contributed by atoms with van der Waals surface area (Å²) >= 11 is 5.61. The van der Waals surface area contributed by atoms with Crippen molar-refractivity contribution in [3.8, 4) is 80.7 Å². The van der Waals surface area contributed by atoms with E-state index in [1.807, 2.05) is 20.2 Å². The number of allylic oxidation sites excluding steroid dienone is 1. The highest BCUT2D eigenvalue weighted by molar-refractivity contribution is 6.31. The zero-order valence-corrected chi connectivity index (χ0v) is 64.3. The summed E-state index contributed by atoms with van der Waals surface area (Å²) in [4.78, 5) is 108. The Morgan fingerprint density at radius 2 is 0.797 bits per heavy atom. The quantitative estimate of drug-likeness (QED) is 0.0302. The molecule has 598 valence electrons. The largest absolute Gasteiger partial charge is 0.444 e. The highest BCUT2D eigenvalue weighted by Gasteiger charge is 2.34. The summed E-state index contributed by atoms with van der Waals surface area (Å²) in [5, 5.41) is 22.2. The van der Waals surface area contributed by atoms with E-state index in [-0.39, 0.29) is 28.9 Å². The van der Waals surface area contributed by atoms with Gasteiger partial charge in [0.15, 0.2) is 0 Å². The van der Waals surface area contributed by atoms with E-state index < -0.39 is 46.2 Å². The zero-order chi connectivity index (χ0) is 83.5. The number of nitrogens with zero attached hydrogens (tertiary/aromatic N) is 21. The zero-order valence-electron chi connectivity index (χ0n) is 63.5. The second kappa shape index (κ2) is 36.8.